The van der Waals surface area contributed by atoms with Crippen molar-refractivity contribution >= 4 is 23.2 Å². The molecule has 1 aliphatic heterocycles. The summed E-state index contributed by atoms with van der Waals surface area (Å²) in [4.78, 5) is 25.0. The van der Waals surface area contributed by atoms with Crippen LogP contribution in [0.25, 0.3) is 0 Å². The molecule has 0 unspecified atom stereocenters. The number of amides is 1. The summed E-state index contributed by atoms with van der Waals surface area (Å²) in [6.45, 7) is 5.43. The fraction of sp³-hybridized carbons (Fsp3) is 0.438. The summed E-state index contributed by atoms with van der Waals surface area (Å²) >= 11 is 1.64. The average Bonchev–Trinajstić information content (AvgIpc) is 3.27. The first-order chi connectivity index (χ1) is 11.7. The quantitative estimate of drug-likeness (QED) is 0.674. The number of aliphatic imine (C=N–C) groups is 1. The molecule has 3 rings (SSSR count). The number of hydrogen-bond acceptors (Lipinski definition) is 5. The highest BCUT2D eigenvalue weighted by Gasteiger charge is 2.25. The number of piperazine rings is 1. The summed E-state index contributed by atoms with van der Waals surface area (Å²) in [6.07, 6.45) is 1.52. The number of rotatable bonds is 3. The molecule has 2 aromatic rings. The lowest BCUT2D eigenvalue weighted by Crippen LogP contribution is -2.53. The Balaban J connectivity index is 1.52. The van der Waals surface area contributed by atoms with Gasteiger partial charge >= 0.3 is 0 Å². The maximum atomic E-state index is 12.3. The van der Waals surface area contributed by atoms with Crippen LogP contribution in [0.15, 0.2) is 33.2 Å². The standard InChI is InChI=1S/C16H21N5O2S/c1-12-11-24-14(19-12)10-18-16(17-2)21-7-5-20(6-8-21)15(22)13-4-3-9-23-13/h3-4,9,11H,5-8,10H2,1-2H3,(H,17,18). The number of furan rings is 1. The van der Waals surface area contributed by atoms with Gasteiger partial charge < -0.3 is 19.5 Å². The molecule has 0 aromatic carbocycles. The Morgan fingerprint density at radius 2 is 2.12 bits per heavy atom. The molecule has 1 saturated heterocycles. The van der Waals surface area contributed by atoms with Crippen molar-refractivity contribution in [3.63, 3.8) is 0 Å². The van der Waals surface area contributed by atoms with E-state index in [9.17, 15) is 4.79 Å². The van der Waals surface area contributed by atoms with Crippen molar-refractivity contribution in [2.75, 3.05) is 33.2 Å². The zero-order chi connectivity index (χ0) is 16.9. The topological polar surface area (TPSA) is 74.0 Å². The van der Waals surface area contributed by atoms with E-state index in [0.717, 1.165) is 29.8 Å². The van der Waals surface area contributed by atoms with E-state index in [1.807, 2.05) is 17.2 Å². The molecule has 0 saturated carbocycles. The molecule has 8 heteroatoms. The monoisotopic (exact) mass is 347 g/mol. The van der Waals surface area contributed by atoms with Gasteiger partial charge in [-0.1, -0.05) is 0 Å². The maximum absolute atomic E-state index is 12.3. The van der Waals surface area contributed by atoms with E-state index < -0.39 is 0 Å². The molecule has 128 valence electrons. The van der Waals surface area contributed by atoms with Gasteiger partial charge in [0.2, 0.25) is 0 Å². The molecule has 7 nitrogen and oxygen atoms in total. The minimum Gasteiger partial charge on any atom is -0.459 e. The minimum absolute atomic E-state index is 0.0548. The number of nitrogens with zero attached hydrogens (tertiary/aromatic N) is 4. The molecule has 1 fully saturated rings. The third-order valence-corrected chi connectivity index (χ3v) is 4.84. The first-order valence-electron chi connectivity index (χ1n) is 7.87. The number of carbonyl (C=O) groups excluding carboxylic acids is 1. The minimum atomic E-state index is -0.0548. The molecule has 24 heavy (non-hydrogen) atoms. The van der Waals surface area contributed by atoms with Crippen molar-refractivity contribution in [1.82, 2.24) is 20.1 Å². The first kappa shape index (κ1) is 16.5. The second-order valence-electron chi connectivity index (χ2n) is 5.54. The fourth-order valence-electron chi connectivity index (χ4n) is 2.65. The molecule has 0 aliphatic carbocycles. The van der Waals surface area contributed by atoms with Crippen molar-refractivity contribution in [3.8, 4) is 0 Å². The van der Waals surface area contributed by atoms with Crippen LogP contribution in [0.2, 0.25) is 0 Å². The van der Waals surface area contributed by atoms with Gasteiger partial charge in [0.1, 0.15) is 5.01 Å². The van der Waals surface area contributed by atoms with Gasteiger partial charge in [-0.05, 0) is 19.1 Å². The summed E-state index contributed by atoms with van der Waals surface area (Å²) in [5.41, 5.74) is 1.04. The molecule has 1 N–H and O–H groups in total. The molecule has 0 bridgehead atoms. The zero-order valence-corrected chi connectivity index (χ0v) is 14.7. The lowest BCUT2D eigenvalue weighted by molar-refractivity contribution is 0.0657. The van der Waals surface area contributed by atoms with Gasteiger partial charge in [0.15, 0.2) is 11.7 Å². The van der Waals surface area contributed by atoms with Crippen molar-refractivity contribution < 1.29 is 9.21 Å². The van der Waals surface area contributed by atoms with E-state index in [0.29, 0.717) is 25.4 Å². The third-order valence-electron chi connectivity index (χ3n) is 3.87. The van der Waals surface area contributed by atoms with Crippen molar-refractivity contribution in [2.45, 2.75) is 13.5 Å². The number of aryl methyl sites for hydroxylation is 1. The van der Waals surface area contributed by atoms with Crippen LogP contribution in [0, 0.1) is 6.92 Å². The Morgan fingerprint density at radius 1 is 1.38 bits per heavy atom. The highest BCUT2D eigenvalue weighted by Crippen LogP contribution is 2.11. The highest BCUT2D eigenvalue weighted by atomic mass is 32.1. The lowest BCUT2D eigenvalue weighted by Gasteiger charge is -2.36. The Kier molecular flexibility index (Phi) is 5.14. The van der Waals surface area contributed by atoms with Gasteiger partial charge in [-0.2, -0.15) is 0 Å². The number of thiazole rings is 1. The molecular formula is C16H21N5O2S. The van der Waals surface area contributed by atoms with Gasteiger partial charge in [-0.25, -0.2) is 4.98 Å². The number of hydrogen-bond donors (Lipinski definition) is 1. The van der Waals surface area contributed by atoms with E-state index in [-0.39, 0.29) is 5.91 Å². The Bertz CT molecular complexity index is 702. The number of nitrogens with one attached hydrogen (secondary N) is 1. The summed E-state index contributed by atoms with van der Waals surface area (Å²) in [7, 11) is 1.77. The van der Waals surface area contributed by atoms with Gasteiger partial charge in [-0.3, -0.25) is 9.79 Å². The third kappa shape index (κ3) is 3.76. The smallest absolute Gasteiger partial charge is 0.289 e. The summed E-state index contributed by atoms with van der Waals surface area (Å²) in [6, 6.07) is 3.43. The van der Waals surface area contributed by atoms with Crippen molar-refractivity contribution in [2.24, 2.45) is 4.99 Å². The second kappa shape index (κ2) is 7.48. The molecule has 1 amide bonds. The van der Waals surface area contributed by atoms with Crippen LogP contribution in [0.1, 0.15) is 21.3 Å². The summed E-state index contributed by atoms with van der Waals surface area (Å²) in [5, 5.41) is 6.42. The normalized spacial score (nSPS) is 15.7. The Morgan fingerprint density at radius 3 is 2.71 bits per heavy atom. The number of carbonyl (C=O) groups is 1. The van der Waals surface area contributed by atoms with Crippen molar-refractivity contribution in [3.05, 3.63) is 40.2 Å². The Hall–Kier alpha value is -2.35. The molecular weight excluding hydrogens is 326 g/mol. The van der Waals surface area contributed by atoms with Crippen LogP contribution in [-0.4, -0.2) is 59.9 Å². The maximum Gasteiger partial charge on any atom is 0.289 e. The second-order valence-corrected chi connectivity index (χ2v) is 6.48. The Labute approximate surface area is 145 Å². The average molecular weight is 347 g/mol. The molecule has 0 radical (unpaired) electrons. The molecule has 0 atom stereocenters. The SMILES string of the molecule is CN=C(NCc1nc(C)cs1)N1CCN(C(=O)c2ccco2)CC1. The van der Waals surface area contributed by atoms with Crippen LogP contribution in [0.4, 0.5) is 0 Å². The molecule has 1 aliphatic rings. The molecule has 2 aromatic heterocycles. The van der Waals surface area contributed by atoms with Crippen LogP contribution >= 0.6 is 11.3 Å². The van der Waals surface area contributed by atoms with E-state index in [1.165, 1.54) is 6.26 Å². The first-order valence-corrected chi connectivity index (χ1v) is 8.74. The van der Waals surface area contributed by atoms with Gasteiger partial charge in [-0.15, -0.1) is 11.3 Å². The summed E-state index contributed by atoms with van der Waals surface area (Å²) in [5.74, 6) is 1.18. The lowest BCUT2D eigenvalue weighted by atomic mass is 10.3. The van der Waals surface area contributed by atoms with Gasteiger partial charge in [0.25, 0.3) is 5.91 Å². The van der Waals surface area contributed by atoms with Crippen LogP contribution in [0.5, 0.6) is 0 Å². The largest absolute Gasteiger partial charge is 0.459 e. The predicted octanol–water partition coefficient (Wildman–Crippen LogP) is 1.58. The van der Waals surface area contributed by atoms with Gasteiger partial charge in [0, 0.05) is 44.3 Å². The molecule has 0 spiro atoms. The van der Waals surface area contributed by atoms with Crippen LogP contribution in [0.3, 0.4) is 0 Å². The van der Waals surface area contributed by atoms with Crippen LogP contribution < -0.4 is 5.32 Å². The number of aromatic nitrogens is 1. The summed E-state index contributed by atoms with van der Waals surface area (Å²) < 4.78 is 5.19. The fourth-order valence-corrected chi connectivity index (χ4v) is 3.36. The van der Waals surface area contributed by atoms with Gasteiger partial charge in [0.05, 0.1) is 12.8 Å². The van der Waals surface area contributed by atoms with Crippen LogP contribution in [-0.2, 0) is 6.54 Å². The highest BCUT2D eigenvalue weighted by molar-refractivity contribution is 7.09. The predicted molar refractivity (Wildman–Crippen MR) is 93.2 cm³/mol. The van der Waals surface area contributed by atoms with E-state index in [2.05, 4.69) is 20.2 Å². The van der Waals surface area contributed by atoms with E-state index in [1.54, 1.807) is 30.5 Å². The van der Waals surface area contributed by atoms with E-state index in [4.69, 9.17) is 4.42 Å². The zero-order valence-electron chi connectivity index (χ0n) is 13.9. The number of guanidine groups is 1. The van der Waals surface area contributed by atoms with Crippen molar-refractivity contribution in [1.29, 1.82) is 0 Å². The molecule has 3 heterocycles. The van der Waals surface area contributed by atoms with E-state index >= 15 is 0 Å².